The molecule has 1 aliphatic heterocycles. The van der Waals surface area contributed by atoms with E-state index in [4.69, 9.17) is 14.2 Å². The monoisotopic (exact) mass is 312 g/mol. The molecule has 0 aromatic heterocycles. The van der Waals surface area contributed by atoms with Gasteiger partial charge in [0.05, 0.1) is 28.0 Å². The molecule has 0 radical (unpaired) electrons. The molecule has 22 heavy (non-hydrogen) atoms. The van der Waals surface area contributed by atoms with Crippen molar-refractivity contribution in [2.75, 3.05) is 54.2 Å². The summed E-state index contributed by atoms with van der Waals surface area (Å²) in [5.41, 5.74) is 0.994. The number of rotatable bonds is 7. The van der Waals surface area contributed by atoms with Gasteiger partial charge in [-0.3, -0.25) is 9.29 Å². The summed E-state index contributed by atoms with van der Waals surface area (Å²) < 4.78 is 29.2. The zero-order valence-corrected chi connectivity index (χ0v) is 13.5. The molecule has 1 atom stereocenters. The molecule has 6 heteroatoms. The average molecular weight is 312 g/mol. The number of ether oxygens (including phenoxy) is 3. The van der Waals surface area contributed by atoms with E-state index in [-0.39, 0.29) is 12.7 Å². The summed E-state index contributed by atoms with van der Waals surface area (Å²) in [6.45, 7) is 3.30. The van der Waals surface area contributed by atoms with Crippen molar-refractivity contribution in [3.05, 3.63) is 17.7 Å². The predicted octanol–water partition coefficient (Wildman–Crippen LogP) is 2.02. The van der Waals surface area contributed by atoms with Crippen molar-refractivity contribution < 1.29 is 18.6 Å². The second-order valence-corrected chi connectivity index (χ2v) is 5.24. The summed E-state index contributed by atoms with van der Waals surface area (Å²) in [5.74, 6) is 1.78. The van der Waals surface area contributed by atoms with Gasteiger partial charge in [0.2, 0.25) is 5.75 Å². The van der Waals surface area contributed by atoms with E-state index >= 15 is 0 Å². The number of hydrogen-bond donors (Lipinski definition) is 1. The van der Waals surface area contributed by atoms with Crippen molar-refractivity contribution in [1.29, 1.82) is 0 Å². The SMILES string of the molecule is COc1cc([C@H](CCF)N2CCNCC2)cc(OC)c1OC. The number of piperazine rings is 1. The molecule has 1 fully saturated rings. The fourth-order valence-electron chi connectivity index (χ4n) is 2.95. The molecule has 1 aromatic carbocycles. The number of benzene rings is 1. The third-order valence-corrected chi connectivity index (χ3v) is 4.05. The van der Waals surface area contributed by atoms with Crippen LogP contribution in [0.3, 0.4) is 0 Å². The molecule has 1 N–H and O–H groups in total. The number of nitrogens with one attached hydrogen (secondary N) is 1. The van der Waals surface area contributed by atoms with Gasteiger partial charge < -0.3 is 19.5 Å². The number of nitrogens with zero attached hydrogens (tertiary/aromatic N) is 1. The Labute approximate surface area is 131 Å². The molecule has 0 spiro atoms. The van der Waals surface area contributed by atoms with Crippen LogP contribution < -0.4 is 19.5 Å². The number of alkyl halides is 1. The van der Waals surface area contributed by atoms with Gasteiger partial charge >= 0.3 is 0 Å². The number of methoxy groups -OCH3 is 3. The van der Waals surface area contributed by atoms with Crippen molar-refractivity contribution in [1.82, 2.24) is 10.2 Å². The van der Waals surface area contributed by atoms with Gasteiger partial charge in [-0.2, -0.15) is 0 Å². The second-order valence-electron chi connectivity index (χ2n) is 5.24. The average Bonchev–Trinajstić information content (AvgIpc) is 2.59. The van der Waals surface area contributed by atoms with Crippen LogP contribution in [0.2, 0.25) is 0 Å². The first-order valence-electron chi connectivity index (χ1n) is 7.55. The Balaban J connectivity index is 2.37. The molecule has 0 unspecified atom stereocenters. The van der Waals surface area contributed by atoms with Gasteiger partial charge in [0.15, 0.2) is 11.5 Å². The standard InChI is InChI=1S/C16H25FN2O3/c1-20-14-10-12(11-15(21-2)16(14)22-3)13(4-5-17)19-8-6-18-7-9-19/h10-11,13,18H,4-9H2,1-3H3/t13-/m0/s1. The molecule has 1 aliphatic rings. The van der Waals surface area contributed by atoms with Crippen molar-refractivity contribution in [3.63, 3.8) is 0 Å². The Morgan fingerprint density at radius 1 is 1.09 bits per heavy atom. The van der Waals surface area contributed by atoms with E-state index < -0.39 is 0 Å². The molecule has 2 rings (SSSR count). The van der Waals surface area contributed by atoms with Gasteiger partial charge in [0.1, 0.15) is 0 Å². The smallest absolute Gasteiger partial charge is 0.203 e. The van der Waals surface area contributed by atoms with Gasteiger partial charge in [-0.05, 0) is 24.1 Å². The zero-order chi connectivity index (χ0) is 15.9. The van der Waals surface area contributed by atoms with Gasteiger partial charge in [0.25, 0.3) is 0 Å². The molecular weight excluding hydrogens is 287 g/mol. The van der Waals surface area contributed by atoms with Gasteiger partial charge in [-0.25, -0.2) is 0 Å². The minimum Gasteiger partial charge on any atom is -0.493 e. The summed E-state index contributed by atoms with van der Waals surface area (Å²) in [7, 11) is 4.77. The van der Waals surface area contributed by atoms with E-state index in [2.05, 4.69) is 10.2 Å². The predicted molar refractivity (Wildman–Crippen MR) is 83.9 cm³/mol. The summed E-state index contributed by atoms with van der Waals surface area (Å²) >= 11 is 0. The highest BCUT2D eigenvalue weighted by Crippen LogP contribution is 2.41. The quantitative estimate of drug-likeness (QED) is 0.834. The molecule has 0 aliphatic carbocycles. The maximum absolute atomic E-state index is 13.1. The van der Waals surface area contributed by atoms with Crippen molar-refractivity contribution >= 4 is 0 Å². The van der Waals surface area contributed by atoms with Gasteiger partial charge in [-0.1, -0.05) is 0 Å². The molecule has 1 saturated heterocycles. The first-order valence-corrected chi connectivity index (χ1v) is 7.55. The van der Waals surface area contributed by atoms with E-state index in [0.29, 0.717) is 23.7 Å². The Morgan fingerprint density at radius 3 is 2.14 bits per heavy atom. The Morgan fingerprint density at radius 2 is 1.68 bits per heavy atom. The van der Waals surface area contributed by atoms with E-state index in [1.807, 2.05) is 12.1 Å². The zero-order valence-electron chi connectivity index (χ0n) is 13.5. The van der Waals surface area contributed by atoms with Crippen LogP contribution >= 0.6 is 0 Å². The minimum atomic E-state index is -0.356. The van der Waals surface area contributed by atoms with Gasteiger partial charge in [0, 0.05) is 32.2 Å². The van der Waals surface area contributed by atoms with E-state index in [1.54, 1.807) is 21.3 Å². The lowest BCUT2D eigenvalue weighted by Crippen LogP contribution is -2.45. The summed E-state index contributed by atoms with van der Waals surface area (Å²) in [4.78, 5) is 2.30. The minimum absolute atomic E-state index is 0.0146. The van der Waals surface area contributed by atoms with Crippen LogP contribution in [-0.4, -0.2) is 59.1 Å². The topological polar surface area (TPSA) is 43.0 Å². The lowest BCUT2D eigenvalue weighted by Gasteiger charge is -2.35. The van der Waals surface area contributed by atoms with E-state index in [1.165, 1.54) is 0 Å². The molecule has 5 nitrogen and oxygen atoms in total. The van der Waals surface area contributed by atoms with Crippen LogP contribution in [-0.2, 0) is 0 Å². The fourth-order valence-corrected chi connectivity index (χ4v) is 2.95. The molecule has 0 amide bonds. The lowest BCUT2D eigenvalue weighted by atomic mass is 10.0. The first-order chi connectivity index (χ1) is 10.7. The van der Waals surface area contributed by atoms with Crippen LogP contribution in [0.1, 0.15) is 18.0 Å². The largest absolute Gasteiger partial charge is 0.493 e. The molecular formula is C16H25FN2O3. The lowest BCUT2D eigenvalue weighted by molar-refractivity contribution is 0.157. The molecule has 1 aromatic rings. The highest BCUT2D eigenvalue weighted by molar-refractivity contribution is 5.54. The van der Waals surface area contributed by atoms with Crippen molar-refractivity contribution in [2.45, 2.75) is 12.5 Å². The molecule has 0 bridgehead atoms. The maximum atomic E-state index is 13.1. The van der Waals surface area contributed by atoms with Crippen molar-refractivity contribution in [3.8, 4) is 17.2 Å². The normalized spacial score (nSPS) is 17.1. The van der Waals surface area contributed by atoms with Gasteiger partial charge in [-0.15, -0.1) is 0 Å². The number of hydrogen-bond acceptors (Lipinski definition) is 5. The van der Waals surface area contributed by atoms with Crippen LogP contribution in [0.5, 0.6) is 17.2 Å². The molecule has 124 valence electrons. The Kier molecular flexibility index (Phi) is 6.27. The van der Waals surface area contributed by atoms with Crippen LogP contribution in [0.25, 0.3) is 0 Å². The van der Waals surface area contributed by atoms with Crippen molar-refractivity contribution in [2.24, 2.45) is 0 Å². The highest BCUT2D eigenvalue weighted by atomic mass is 19.1. The Hall–Kier alpha value is -1.53. The third-order valence-electron chi connectivity index (χ3n) is 4.05. The summed E-state index contributed by atoms with van der Waals surface area (Å²) in [6.07, 6.45) is 0.457. The molecule has 1 heterocycles. The van der Waals surface area contributed by atoms with Crippen LogP contribution in [0.15, 0.2) is 12.1 Å². The second kappa shape index (κ2) is 8.19. The summed E-state index contributed by atoms with van der Waals surface area (Å²) in [5, 5.41) is 3.32. The van der Waals surface area contributed by atoms with E-state index in [9.17, 15) is 4.39 Å². The first kappa shape index (κ1) is 16.8. The Bertz CT molecular complexity index is 453. The van der Waals surface area contributed by atoms with Crippen LogP contribution in [0, 0.1) is 0 Å². The number of halogens is 1. The highest BCUT2D eigenvalue weighted by Gasteiger charge is 2.25. The maximum Gasteiger partial charge on any atom is 0.203 e. The van der Waals surface area contributed by atoms with Crippen LogP contribution in [0.4, 0.5) is 4.39 Å². The summed E-state index contributed by atoms with van der Waals surface area (Å²) in [6, 6.07) is 3.86. The fraction of sp³-hybridized carbons (Fsp3) is 0.625. The van der Waals surface area contributed by atoms with E-state index in [0.717, 1.165) is 31.7 Å². The third kappa shape index (κ3) is 3.62. The molecule has 0 saturated carbocycles.